The van der Waals surface area contributed by atoms with Crippen LogP contribution in [0.3, 0.4) is 0 Å². The molecule has 0 aliphatic heterocycles. The van der Waals surface area contributed by atoms with Crippen LogP contribution in [0.2, 0.25) is 0 Å². The fourth-order valence-electron chi connectivity index (χ4n) is 4.15. The van der Waals surface area contributed by atoms with E-state index in [9.17, 15) is 4.79 Å². The van der Waals surface area contributed by atoms with Crippen LogP contribution in [-0.4, -0.2) is 23.3 Å². The summed E-state index contributed by atoms with van der Waals surface area (Å²) in [5, 5.41) is 2.25. The molecule has 0 N–H and O–H groups in total. The van der Waals surface area contributed by atoms with Crippen LogP contribution >= 0.6 is 0 Å². The van der Waals surface area contributed by atoms with Crippen molar-refractivity contribution in [3.05, 3.63) is 132 Å². The van der Waals surface area contributed by atoms with E-state index >= 15 is 0 Å². The van der Waals surface area contributed by atoms with Gasteiger partial charge in [0.25, 0.3) is 0 Å². The molecule has 0 saturated heterocycles. The molecule has 0 aromatic heterocycles. The second kappa shape index (κ2) is 10.5. The Morgan fingerprint density at radius 1 is 0.800 bits per heavy atom. The highest BCUT2D eigenvalue weighted by molar-refractivity contribution is 6.13. The lowest BCUT2D eigenvalue weighted by Gasteiger charge is -2.27. The fraction of sp³-hybridized carbons (Fsp3) is 0.188. The van der Waals surface area contributed by atoms with Crippen LogP contribution in [0.1, 0.15) is 43.4 Å². The Balaban J connectivity index is 1.88. The second-order valence-corrected chi connectivity index (χ2v) is 9.56. The van der Waals surface area contributed by atoms with Gasteiger partial charge in [-0.25, -0.2) is 4.79 Å². The van der Waals surface area contributed by atoms with Gasteiger partial charge in [-0.2, -0.15) is 0 Å². The third-order valence-corrected chi connectivity index (χ3v) is 5.76. The highest BCUT2D eigenvalue weighted by Gasteiger charge is 2.32. The van der Waals surface area contributed by atoms with Crippen molar-refractivity contribution in [2.75, 3.05) is 0 Å². The fourth-order valence-corrected chi connectivity index (χ4v) is 4.15. The van der Waals surface area contributed by atoms with E-state index in [0.717, 1.165) is 33.2 Å². The number of carbonyl (C=O) groups is 1. The average molecular weight is 462 g/mol. The molecule has 4 aromatic carbocycles. The molecule has 176 valence electrons. The van der Waals surface area contributed by atoms with Crippen LogP contribution in [0.4, 0.5) is 0 Å². The predicted molar refractivity (Wildman–Crippen MR) is 145 cm³/mol. The van der Waals surface area contributed by atoms with Crippen LogP contribution < -0.4 is 0 Å². The highest BCUT2D eigenvalue weighted by atomic mass is 16.6. The number of benzene rings is 4. The number of hydrogen-bond donors (Lipinski definition) is 0. The molecule has 0 aliphatic carbocycles. The number of rotatable bonds is 7. The topological polar surface area (TPSA) is 38.7 Å². The minimum absolute atomic E-state index is 0.364. The SMILES string of the molecule is C=C[C@@H](c1ccc2ccccc2c1)[C@H](N=C(c1ccccc1)c1ccccc1)C(=O)OC(C)(C)C. The van der Waals surface area contributed by atoms with E-state index in [-0.39, 0.29) is 11.9 Å². The zero-order chi connectivity index (χ0) is 24.8. The summed E-state index contributed by atoms with van der Waals surface area (Å²) >= 11 is 0. The van der Waals surface area contributed by atoms with Crippen LogP contribution in [0.5, 0.6) is 0 Å². The molecule has 0 spiro atoms. The first-order chi connectivity index (χ1) is 16.9. The molecule has 0 aliphatic rings. The van der Waals surface area contributed by atoms with Gasteiger partial charge >= 0.3 is 5.97 Å². The summed E-state index contributed by atoms with van der Waals surface area (Å²) in [5.41, 5.74) is 2.95. The van der Waals surface area contributed by atoms with Crippen LogP contribution in [-0.2, 0) is 9.53 Å². The first-order valence-corrected chi connectivity index (χ1v) is 11.9. The maximum atomic E-state index is 13.6. The van der Waals surface area contributed by atoms with Gasteiger partial charge in [-0.05, 0) is 37.1 Å². The van der Waals surface area contributed by atoms with Crippen molar-refractivity contribution in [3.8, 4) is 0 Å². The number of fused-ring (bicyclic) bond motifs is 1. The van der Waals surface area contributed by atoms with Crippen molar-refractivity contribution in [1.82, 2.24) is 0 Å². The Bertz CT molecular complexity index is 1290. The third-order valence-electron chi connectivity index (χ3n) is 5.76. The summed E-state index contributed by atoms with van der Waals surface area (Å²) in [6, 6.07) is 33.5. The van der Waals surface area contributed by atoms with E-state index in [2.05, 4.69) is 30.8 Å². The molecule has 0 bridgehead atoms. The third kappa shape index (κ3) is 5.93. The van der Waals surface area contributed by atoms with Gasteiger partial charge in [0, 0.05) is 17.0 Å². The lowest BCUT2D eigenvalue weighted by Crippen LogP contribution is -2.35. The molecule has 3 heteroatoms. The highest BCUT2D eigenvalue weighted by Crippen LogP contribution is 2.30. The Morgan fingerprint density at radius 2 is 1.34 bits per heavy atom. The number of aliphatic imine (C=N–C) groups is 1. The molecule has 4 aromatic rings. The minimum Gasteiger partial charge on any atom is -0.458 e. The van der Waals surface area contributed by atoms with Gasteiger partial charge in [-0.15, -0.1) is 6.58 Å². The summed E-state index contributed by atoms with van der Waals surface area (Å²) in [7, 11) is 0. The van der Waals surface area contributed by atoms with Crippen molar-refractivity contribution in [1.29, 1.82) is 0 Å². The van der Waals surface area contributed by atoms with E-state index in [1.807, 2.05) is 99.6 Å². The quantitative estimate of drug-likeness (QED) is 0.164. The Hall–Kier alpha value is -3.98. The number of hydrogen-bond acceptors (Lipinski definition) is 3. The molecular weight excluding hydrogens is 430 g/mol. The monoisotopic (exact) mass is 461 g/mol. The summed E-state index contributed by atoms with van der Waals surface area (Å²) in [6.07, 6.45) is 1.80. The molecule has 2 atom stereocenters. The summed E-state index contributed by atoms with van der Waals surface area (Å²) in [6.45, 7) is 9.72. The van der Waals surface area contributed by atoms with Crippen LogP contribution in [0, 0.1) is 0 Å². The van der Waals surface area contributed by atoms with Gasteiger partial charge in [0.05, 0.1) is 5.71 Å². The van der Waals surface area contributed by atoms with Gasteiger partial charge in [0.1, 0.15) is 5.60 Å². The van der Waals surface area contributed by atoms with E-state index in [0.29, 0.717) is 0 Å². The van der Waals surface area contributed by atoms with Crippen molar-refractivity contribution in [3.63, 3.8) is 0 Å². The second-order valence-electron chi connectivity index (χ2n) is 9.56. The predicted octanol–water partition coefficient (Wildman–Crippen LogP) is 7.36. The maximum absolute atomic E-state index is 13.6. The van der Waals surface area contributed by atoms with Gasteiger partial charge in [-0.1, -0.05) is 109 Å². The van der Waals surface area contributed by atoms with Gasteiger partial charge in [-0.3, -0.25) is 4.99 Å². The molecule has 0 heterocycles. The average Bonchev–Trinajstić information content (AvgIpc) is 2.86. The molecule has 0 fully saturated rings. The first kappa shape index (κ1) is 24.2. The smallest absolute Gasteiger partial charge is 0.332 e. The van der Waals surface area contributed by atoms with Crippen molar-refractivity contribution >= 4 is 22.5 Å². The molecule has 0 unspecified atom stereocenters. The maximum Gasteiger partial charge on any atom is 0.332 e. The van der Waals surface area contributed by atoms with Crippen LogP contribution in [0.25, 0.3) is 10.8 Å². The Kier molecular flexibility index (Phi) is 7.26. The number of nitrogens with zero attached hydrogens (tertiary/aromatic N) is 1. The normalized spacial score (nSPS) is 13.0. The lowest BCUT2D eigenvalue weighted by molar-refractivity contribution is -0.156. The molecule has 0 radical (unpaired) electrons. The van der Waals surface area contributed by atoms with E-state index in [4.69, 9.17) is 9.73 Å². The van der Waals surface area contributed by atoms with Gasteiger partial charge < -0.3 is 4.74 Å². The number of carbonyl (C=O) groups excluding carboxylic acids is 1. The molecule has 0 saturated carbocycles. The van der Waals surface area contributed by atoms with E-state index in [1.54, 1.807) is 6.08 Å². The van der Waals surface area contributed by atoms with Crippen molar-refractivity contribution < 1.29 is 9.53 Å². The minimum atomic E-state index is -0.803. The molecule has 0 amide bonds. The first-order valence-electron chi connectivity index (χ1n) is 11.9. The van der Waals surface area contributed by atoms with E-state index < -0.39 is 11.6 Å². The van der Waals surface area contributed by atoms with E-state index in [1.165, 1.54) is 0 Å². The van der Waals surface area contributed by atoms with Gasteiger partial charge in [0.2, 0.25) is 0 Å². The number of ether oxygens (including phenoxy) is 1. The summed E-state index contributed by atoms with van der Waals surface area (Å²) in [4.78, 5) is 18.7. The zero-order valence-electron chi connectivity index (χ0n) is 20.5. The number of esters is 1. The Labute approximate surface area is 207 Å². The lowest BCUT2D eigenvalue weighted by atomic mass is 9.89. The van der Waals surface area contributed by atoms with Crippen molar-refractivity contribution in [2.24, 2.45) is 4.99 Å². The zero-order valence-corrected chi connectivity index (χ0v) is 20.5. The molecular formula is C32H31NO2. The van der Waals surface area contributed by atoms with Gasteiger partial charge in [0.15, 0.2) is 6.04 Å². The Morgan fingerprint density at radius 3 is 1.89 bits per heavy atom. The molecule has 35 heavy (non-hydrogen) atoms. The van der Waals surface area contributed by atoms with Crippen molar-refractivity contribution in [2.45, 2.75) is 38.3 Å². The largest absolute Gasteiger partial charge is 0.458 e. The summed E-state index contributed by atoms with van der Waals surface area (Å²) in [5.74, 6) is -0.739. The summed E-state index contributed by atoms with van der Waals surface area (Å²) < 4.78 is 5.87. The standard InChI is InChI=1S/C32H31NO2/c1-5-28(27-21-20-23-14-12-13-19-26(23)22-27)30(31(34)35-32(2,3)4)33-29(24-15-8-6-9-16-24)25-17-10-7-11-18-25/h5-22,28,30H,1H2,2-4H3/t28-,30-/m0/s1. The van der Waals surface area contributed by atoms with Crippen LogP contribution in [0.15, 0.2) is 121 Å². The molecule has 4 rings (SSSR count). The molecule has 3 nitrogen and oxygen atoms in total.